The largest absolute Gasteiger partial charge is 0.508 e. The Morgan fingerprint density at radius 3 is 2.93 bits per heavy atom. The molecule has 2 aromatic rings. The summed E-state index contributed by atoms with van der Waals surface area (Å²) in [6.07, 6.45) is 2.41. The Kier molecular flexibility index (Phi) is 2.00. The molecule has 2 N–H and O–H groups in total. The van der Waals surface area contributed by atoms with Gasteiger partial charge in [0.1, 0.15) is 5.75 Å². The van der Waals surface area contributed by atoms with Crippen LogP contribution in [0.25, 0.3) is 10.9 Å². The molecule has 14 heavy (non-hydrogen) atoms. The number of benzene rings is 1. The van der Waals surface area contributed by atoms with Gasteiger partial charge in [-0.2, -0.15) is 0 Å². The zero-order valence-corrected chi connectivity index (χ0v) is 7.87. The van der Waals surface area contributed by atoms with Crippen molar-refractivity contribution in [1.29, 1.82) is 0 Å². The minimum absolute atomic E-state index is 0.0428. The molecular formula is C11H11NO2. The van der Waals surface area contributed by atoms with E-state index >= 15 is 0 Å². The van der Waals surface area contributed by atoms with Crippen LogP contribution in [0.2, 0.25) is 0 Å². The van der Waals surface area contributed by atoms with Gasteiger partial charge in [-0.1, -0.05) is 6.92 Å². The minimum atomic E-state index is 0.0428. The number of rotatable bonds is 1. The number of phenolic OH excluding ortho intramolecular Hbond substituents is 1. The van der Waals surface area contributed by atoms with Crippen molar-refractivity contribution in [2.24, 2.45) is 0 Å². The topological polar surface area (TPSA) is 53.1 Å². The van der Waals surface area contributed by atoms with Crippen LogP contribution in [-0.4, -0.2) is 10.1 Å². The van der Waals surface area contributed by atoms with Gasteiger partial charge in [0, 0.05) is 23.2 Å². The second kappa shape index (κ2) is 3.18. The maximum Gasteiger partial charge on any atom is 0.192 e. The lowest BCUT2D eigenvalue weighted by Crippen LogP contribution is -2.08. The van der Waals surface area contributed by atoms with Gasteiger partial charge in [0.25, 0.3) is 0 Å². The van der Waals surface area contributed by atoms with Crippen molar-refractivity contribution in [2.75, 3.05) is 0 Å². The van der Waals surface area contributed by atoms with E-state index in [2.05, 4.69) is 4.98 Å². The third-order valence-electron chi connectivity index (χ3n) is 2.32. The molecule has 0 atom stereocenters. The van der Waals surface area contributed by atoms with Crippen molar-refractivity contribution >= 4 is 10.9 Å². The first-order valence-electron chi connectivity index (χ1n) is 4.55. The van der Waals surface area contributed by atoms with E-state index in [-0.39, 0.29) is 11.2 Å². The van der Waals surface area contributed by atoms with Crippen molar-refractivity contribution in [3.05, 3.63) is 40.2 Å². The Morgan fingerprint density at radius 1 is 1.43 bits per heavy atom. The van der Waals surface area contributed by atoms with Gasteiger partial charge in [0.15, 0.2) is 5.43 Å². The van der Waals surface area contributed by atoms with Crippen LogP contribution in [-0.2, 0) is 6.42 Å². The summed E-state index contributed by atoms with van der Waals surface area (Å²) >= 11 is 0. The van der Waals surface area contributed by atoms with E-state index in [9.17, 15) is 9.90 Å². The molecule has 0 aliphatic rings. The molecule has 1 aromatic heterocycles. The molecule has 0 saturated heterocycles. The number of aromatic nitrogens is 1. The van der Waals surface area contributed by atoms with Crippen molar-refractivity contribution in [3.8, 4) is 5.75 Å². The third-order valence-corrected chi connectivity index (χ3v) is 2.32. The molecule has 0 fully saturated rings. The molecule has 2 rings (SSSR count). The molecule has 0 aliphatic carbocycles. The second-order valence-electron chi connectivity index (χ2n) is 3.23. The molecule has 0 saturated carbocycles. The summed E-state index contributed by atoms with van der Waals surface area (Å²) in [7, 11) is 0. The number of phenols is 1. The molecule has 0 unspecified atom stereocenters. The van der Waals surface area contributed by atoms with Crippen LogP contribution in [0, 0.1) is 0 Å². The Morgan fingerprint density at radius 2 is 2.21 bits per heavy atom. The quantitative estimate of drug-likeness (QED) is 0.718. The highest BCUT2D eigenvalue weighted by Crippen LogP contribution is 2.15. The van der Waals surface area contributed by atoms with Gasteiger partial charge >= 0.3 is 0 Å². The smallest absolute Gasteiger partial charge is 0.192 e. The van der Waals surface area contributed by atoms with Gasteiger partial charge in [-0.15, -0.1) is 0 Å². The first kappa shape index (κ1) is 8.81. The highest BCUT2D eigenvalue weighted by Gasteiger charge is 2.03. The molecule has 0 bridgehead atoms. The summed E-state index contributed by atoms with van der Waals surface area (Å²) in [5, 5.41) is 9.85. The van der Waals surface area contributed by atoms with E-state index in [0.717, 1.165) is 5.56 Å². The maximum atomic E-state index is 11.8. The summed E-state index contributed by atoms with van der Waals surface area (Å²) in [5.41, 5.74) is 1.48. The van der Waals surface area contributed by atoms with Crippen molar-refractivity contribution < 1.29 is 5.11 Å². The number of nitrogens with one attached hydrogen (secondary N) is 1. The predicted molar refractivity (Wildman–Crippen MR) is 55.6 cm³/mol. The average Bonchev–Trinajstić information content (AvgIpc) is 2.18. The Balaban J connectivity index is 2.84. The van der Waals surface area contributed by atoms with Gasteiger partial charge < -0.3 is 10.1 Å². The molecule has 3 heteroatoms. The van der Waals surface area contributed by atoms with E-state index in [1.54, 1.807) is 18.3 Å². The number of hydrogen-bond donors (Lipinski definition) is 2. The fraction of sp³-hybridized carbons (Fsp3) is 0.182. The SMILES string of the molecule is CCc1c[nH]c2cc(O)ccc2c1=O. The highest BCUT2D eigenvalue weighted by atomic mass is 16.3. The molecular weight excluding hydrogens is 178 g/mol. The fourth-order valence-corrected chi connectivity index (χ4v) is 1.52. The van der Waals surface area contributed by atoms with Crippen LogP contribution >= 0.6 is 0 Å². The standard InChI is InChI=1S/C11H11NO2/c1-2-7-6-12-10-5-8(13)3-4-9(10)11(7)14/h3-6,13H,2H2,1H3,(H,12,14). The van der Waals surface area contributed by atoms with Crippen LogP contribution in [0.3, 0.4) is 0 Å². The Hall–Kier alpha value is -1.77. The number of hydrogen-bond acceptors (Lipinski definition) is 2. The van der Waals surface area contributed by atoms with Crippen molar-refractivity contribution in [1.82, 2.24) is 4.98 Å². The summed E-state index contributed by atoms with van der Waals surface area (Å²) < 4.78 is 0. The molecule has 72 valence electrons. The Bertz CT molecular complexity index is 528. The van der Waals surface area contributed by atoms with Gasteiger partial charge in [-0.05, 0) is 18.6 Å². The normalized spacial score (nSPS) is 10.6. The lowest BCUT2D eigenvalue weighted by molar-refractivity contribution is 0.476. The van der Waals surface area contributed by atoms with Crippen molar-refractivity contribution in [2.45, 2.75) is 13.3 Å². The van der Waals surface area contributed by atoms with E-state index in [0.29, 0.717) is 17.3 Å². The molecule has 1 aromatic carbocycles. The fourth-order valence-electron chi connectivity index (χ4n) is 1.52. The van der Waals surface area contributed by atoms with E-state index in [1.807, 2.05) is 6.92 Å². The highest BCUT2D eigenvalue weighted by molar-refractivity contribution is 5.80. The summed E-state index contributed by atoms with van der Waals surface area (Å²) in [6.45, 7) is 1.94. The number of aryl methyl sites for hydroxylation is 1. The number of pyridine rings is 1. The number of fused-ring (bicyclic) bond motifs is 1. The summed E-state index contributed by atoms with van der Waals surface area (Å²) in [5.74, 6) is 0.164. The first-order chi connectivity index (χ1) is 6.72. The molecule has 0 spiro atoms. The number of aromatic hydroxyl groups is 1. The average molecular weight is 189 g/mol. The van der Waals surface area contributed by atoms with E-state index in [4.69, 9.17) is 0 Å². The predicted octanol–water partition coefficient (Wildman–Crippen LogP) is 1.80. The lowest BCUT2D eigenvalue weighted by atomic mass is 10.1. The van der Waals surface area contributed by atoms with Crippen LogP contribution < -0.4 is 5.43 Å². The molecule has 0 aliphatic heterocycles. The van der Waals surface area contributed by atoms with E-state index < -0.39 is 0 Å². The van der Waals surface area contributed by atoms with Crippen LogP contribution in [0.1, 0.15) is 12.5 Å². The van der Waals surface area contributed by atoms with E-state index in [1.165, 1.54) is 6.07 Å². The van der Waals surface area contributed by atoms with Gasteiger partial charge in [-0.25, -0.2) is 0 Å². The first-order valence-corrected chi connectivity index (χ1v) is 4.55. The minimum Gasteiger partial charge on any atom is -0.508 e. The molecule has 3 nitrogen and oxygen atoms in total. The Labute approximate surface area is 81.0 Å². The van der Waals surface area contributed by atoms with Crippen LogP contribution in [0.5, 0.6) is 5.75 Å². The van der Waals surface area contributed by atoms with Gasteiger partial charge in [0.05, 0.1) is 5.52 Å². The zero-order valence-electron chi connectivity index (χ0n) is 7.87. The second-order valence-corrected chi connectivity index (χ2v) is 3.23. The van der Waals surface area contributed by atoms with Crippen LogP contribution in [0.4, 0.5) is 0 Å². The molecule has 0 radical (unpaired) electrons. The third kappa shape index (κ3) is 1.27. The monoisotopic (exact) mass is 189 g/mol. The molecule has 0 amide bonds. The van der Waals surface area contributed by atoms with Gasteiger partial charge in [0.2, 0.25) is 0 Å². The summed E-state index contributed by atoms with van der Waals surface area (Å²) in [4.78, 5) is 14.8. The lowest BCUT2D eigenvalue weighted by Gasteiger charge is -2.01. The number of H-pyrrole nitrogens is 1. The van der Waals surface area contributed by atoms with Crippen LogP contribution in [0.15, 0.2) is 29.2 Å². The molecule has 1 heterocycles. The number of aromatic amines is 1. The van der Waals surface area contributed by atoms with Gasteiger partial charge in [-0.3, -0.25) is 4.79 Å². The zero-order chi connectivity index (χ0) is 10.1. The van der Waals surface area contributed by atoms with Crippen molar-refractivity contribution in [3.63, 3.8) is 0 Å². The summed E-state index contributed by atoms with van der Waals surface area (Å²) in [6, 6.07) is 4.72. The maximum absolute atomic E-state index is 11.8.